The van der Waals surface area contributed by atoms with Crippen LogP contribution in [0.25, 0.3) is 0 Å². The summed E-state index contributed by atoms with van der Waals surface area (Å²) in [5.74, 6) is -1.74. The third-order valence-corrected chi connectivity index (χ3v) is 4.91. The van der Waals surface area contributed by atoms with E-state index in [2.05, 4.69) is 15.6 Å². The SMILES string of the molecule is C/C=C(/NN1CCN(C)CC1)[C@H]1C(=O)NC(=O)N(c2ccc(OC)cc2)C1=O. The number of nitrogens with zero attached hydrogens (tertiary/aromatic N) is 3. The molecule has 9 heteroatoms. The molecule has 2 aliphatic rings. The molecule has 0 saturated carbocycles. The molecule has 2 aliphatic heterocycles. The van der Waals surface area contributed by atoms with Crippen molar-refractivity contribution >= 4 is 23.5 Å². The molecule has 0 unspecified atom stereocenters. The Balaban J connectivity index is 1.81. The van der Waals surface area contributed by atoms with Crippen molar-refractivity contribution in [2.75, 3.05) is 45.2 Å². The number of methoxy groups -OCH3 is 1. The summed E-state index contributed by atoms with van der Waals surface area (Å²) in [5.41, 5.74) is 4.02. The van der Waals surface area contributed by atoms with Crippen LogP contribution in [0.15, 0.2) is 36.0 Å². The van der Waals surface area contributed by atoms with Crippen LogP contribution in [0.3, 0.4) is 0 Å². The molecule has 2 heterocycles. The first-order chi connectivity index (χ1) is 13.4. The number of amides is 4. The van der Waals surface area contributed by atoms with Crippen LogP contribution in [-0.2, 0) is 9.59 Å². The van der Waals surface area contributed by atoms with Crippen LogP contribution in [-0.4, -0.2) is 68.1 Å². The van der Waals surface area contributed by atoms with Crippen molar-refractivity contribution in [1.29, 1.82) is 0 Å². The zero-order chi connectivity index (χ0) is 20.3. The minimum atomic E-state index is -1.12. The lowest BCUT2D eigenvalue weighted by Crippen LogP contribution is -2.61. The monoisotopic (exact) mass is 387 g/mol. The highest BCUT2D eigenvalue weighted by Gasteiger charge is 2.43. The standard InChI is InChI=1S/C19H25N5O4/c1-4-15(21-23-11-9-22(2)10-12-23)16-17(25)20-19(27)24(18(16)26)13-5-7-14(28-3)8-6-13/h4-8,16,21H,9-12H2,1-3H3,(H,20,25,27)/b15-4+/t16-/m0/s1. The Bertz CT molecular complexity index is 784. The number of imide groups is 2. The third-order valence-electron chi connectivity index (χ3n) is 4.91. The number of hydrazine groups is 1. The molecule has 150 valence electrons. The average molecular weight is 387 g/mol. The molecular formula is C19H25N5O4. The van der Waals surface area contributed by atoms with E-state index in [1.807, 2.05) is 12.1 Å². The molecule has 0 aromatic heterocycles. The van der Waals surface area contributed by atoms with Gasteiger partial charge in [0.2, 0.25) is 5.91 Å². The van der Waals surface area contributed by atoms with Crippen molar-refractivity contribution in [3.63, 3.8) is 0 Å². The summed E-state index contributed by atoms with van der Waals surface area (Å²) in [5, 5.41) is 4.26. The van der Waals surface area contributed by atoms with Crippen LogP contribution < -0.4 is 20.4 Å². The number of ether oxygens (including phenoxy) is 1. The molecule has 4 amide bonds. The number of anilines is 1. The maximum Gasteiger partial charge on any atom is 0.335 e. The topological polar surface area (TPSA) is 94.2 Å². The van der Waals surface area contributed by atoms with E-state index >= 15 is 0 Å². The molecule has 2 fully saturated rings. The van der Waals surface area contributed by atoms with Gasteiger partial charge in [-0.05, 0) is 38.2 Å². The lowest BCUT2D eigenvalue weighted by Gasteiger charge is -2.36. The Morgan fingerprint density at radius 2 is 1.79 bits per heavy atom. The number of likely N-dealkylation sites (N-methyl/N-ethyl adjacent to an activating group) is 1. The van der Waals surface area contributed by atoms with Gasteiger partial charge in [-0.25, -0.2) is 14.7 Å². The molecular weight excluding hydrogens is 362 g/mol. The van der Waals surface area contributed by atoms with Crippen molar-refractivity contribution in [3.05, 3.63) is 36.0 Å². The summed E-state index contributed by atoms with van der Waals surface area (Å²) in [6.07, 6.45) is 1.70. The maximum atomic E-state index is 13.1. The Morgan fingerprint density at radius 1 is 1.14 bits per heavy atom. The number of carbonyl (C=O) groups is 3. The number of barbiturate groups is 1. The van der Waals surface area contributed by atoms with Gasteiger partial charge in [0.15, 0.2) is 5.92 Å². The minimum Gasteiger partial charge on any atom is -0.497 e. The second kappa shape index (κ2) is 8.41. The van der Waals surface area contributed by atoms with Crippen LogP contribution in [0.4, 0.5) is 10.5 Å². The largest absolute Gasteiger partial charge is 0.497 e. The van der Waals surface area contributed by atoms with Gasteiger partial charge in [0.05, 0.1) is 12.8 Å². The van der Waals surface area contributed by atoms with E-state index < -0.39 is 23.8 Å². The van der Waals surface area contributed by atoms with Crippen molar-refractivity contribution in [3.8, 4) is 5.75 Å². The third kappa shape index (κ3) is 4.00. The summed E-state index contributed by atoms with van der Waals surface area (Å²) in [4.78, 5) is 41.1. The van der Waals surface area contributed by atoms with E-state index in [9.17, 15) is 14.4 Å². The van der Waals surface area contributed by atoms with Gasteiger partial charge in [-0.1, -0.05) is 6.08 Å². The van der Waals surface area contributed by atoms with Gasteiger partial charge < -0.3 is 15.1 Å². The molecule has 0 aliphatic carbocycles. The minimum absolute atomic E-state index is 0.371. The van der Waals surface area contributed by atoms with Crippen molar-refractivity contribution < 1.29 is 19.1 Å². The van der Waals surface area contributed by atoms with Gasteiger partial charge in [-0.3, -0.25) is 14.9 Å². The zero-order valence-corrected chi connectivity index (χ0v) is 16.3. The summed E-state index contributed by atoms with van der Waals surface area (Å²) in [7, 11) is 3.58. The predicted octanol–water partition coefficient (Wildman–Crippen LogP) is 0.550. The number of rotatable bonds is 5. The fraction of sp³-hybridized carbons (Fsp3) is 0.421. The van der Waals surface area contributed by atoms with Crippen molar-refractivity contribution in [2.24, 2.45) is 5.92 Å². The second-order valence-corrected chi connectivity index (χ2v) is 6.75. The molecule has 28 heavy (non-hydrogen) atoms. The highest BCUT2D eigenvalue weighted by atomic mass is 16.5. The van der Waals surface area contributed by atoms with E-state index in [1.54, 1.807) is 37.3 Å². The van der Waals surface area contributed by atoms with E-state index in [-0.39, 0.29) is 0 Å². The number of hydrogen-bond acceptors (Lipinski definition) is 7. The lowest BCUT2D eigenvalue weighted by molar-refractivity contribution is -0.133. The Hall–Kier alpha value is -2.91. The van der Waals surface area contributed by atoms with E-state index in [0.717, 1.165) is 31.1 Å². The highest BCUT2D eigenvalue weighted by molar-refractivity contribution is 6.28. The number of nitrogens with one attached hydrogen (secondary N) is 2. The van der Waals surface area contributed by atoms with Crippen LogP contribution in [0.2, 0.25) is 0 Å². The smallest absolute Gasteiger partial charge is 0.335 e. The van der Waals surface area contributed by atoms with Crippen LogP contribution in [0.1, 0.15) is 6.92 Å². The maximum absolute atomic E-state index is 13.1. The van der Waals surface area contributed by atoms with Gasteiger partial charge in [0.1, 0.15) is 5.75 Å². The molecule has 1 aromatic carbocycles. The van der Waals surface area contributed by atoms with Crippen molar-refractivity contribution in [1.82, 2.24) is 20.7 Å². The molecule has 9 nitrogen and oxygen atoms in total. The Morgan fingerprint density at radius 3 is 2.36 bits per heavy atom. The van der Waals surface area contributed by atoms with Crippen LogP contribution >= 0.6 is 0 Å². The lowest BCUT2D eigenvalue weighted by atomic mass is 10.00. The van der Waals surface area contributed by atoms with Crippen LogP contribution in [0, 0.1) is 5.92 Å². The fourth-order valence-electron chi connectivity index (χ4n) is 3.22. The van der Waals surface area contributed by atoms with Gasteiger partial charge in [0.25, 0.3) is 5.91 Å². The zero-order valence-electron chi connectivity index (χ0n) is 16.3. The molecule has 2 saturated heterocycles. The number of urea groups is 1. The first-order valence-electron chi connectivity index (χ1n) is 9.13. The molecule has 0 radical (unpaired) electrons. The molecule has 3 rings (SSSR count). The van der Waals surface area contributed by atoms with E-state index in [0.29, 0.717) is 17.1 Å². The quantitative estimate of drug-likeness (QED) is 0.713. The Kier molecular flexibility index (Phi) is 5.96. The fourth-order valence-corrected chi connectivity index (χ4v) is 3.22. The molecule has 0 bridgehead atoms. The number of carbonyl (C=O) groups excluding carboxylic acids is 3. The van der Waals surface area contributed by atoms with Gasteiger partial charge in [-0.15, -0.1) is 0 Å². The molecule has 1 aromatic rings. The summed E-state index contributed by atoms with van der Waals surface area (Å²) in [6.45, 7) is 5.04. The van der Waals surface area contributed by atoms with Crippen LogP contribution in [0.5, 0.6) is 5.75 Å². The van der Waals surface area contributed by atoms with Crippen molar-refractivity contribution in [2.45, 2.75) is 6.92 Å². The summed E-state index contributed by atoms with van der Waals surface area (Å²) < 4.78 is 5.11. The molecule has 2 N–H and O–H groups in total. The predicted molar refractivity (Wildman–Crippen MR) is 103 cm³/mol. The summed E-state index contributed by atoms with van der Waals surface area (Å²) in [6, 6.07) is 5.76. The molecule has 0 spiro atoms. The number of allylic oxidation sites excluding steroid dienone is 1. The normalized spacial score (nSPS) is 22.2. The average Bonchev–Trinajstić information content (AvgIpc) is 2.69. The first kappa shape index (κ1) is 19.8. The van der Waals surface area contributed by atoms with Gasteiger partial charge in [-0.2, -0.15) is 0 Å². The second-order valence-electron chi connectivity index (χ2n) is 6.75. The Labute approximate surface area is 163 Å². The first-order valence-corrected chi connectivity index (χ1v) is 9.13. The van der Waals surface area contributed by atoms with E-state index in [1.165, 1.54) is 7.11 Å². The summed E-state index contributed by atoms with van der Waals surface area (Å²) >= 11 is 0. The number of benzene rings is 1. The molecule has 1 atom stereocenters. The van der Waals surface area contributed by atoms with E-state index in [4.69, 9.17) is 4.74 Å². The number of piperazine rings is 1. The highest BCUT2D eigenvalue weighted by Crippen LogP contribution is 2.26. The van der Waals surface area contributed by atoms with Gasteiger partial charge >= 0.3 is 6.03 Å². The number of hydrogen-bond donors (Lipinski definition) is 2. The van der Waals surface area contributed by atoms with Gasteiger partial charge in [0, 0.05) is 31.9 Å².